The number of carbonyl (C=O) groups is 1. The van der Waals surface area contributed by atoms with Crippen LogP contribution in [-0.4, -0.2) is 31.2 Å². The molecular weight excluding hydrogens is 350 g/mol. The van der Waals surface area contributed by atoms with Crippen LogP contribution in [-0.2, 0) is 0 Å². The lowest BCUT2D eigenvalue weighted by Crippen LogP contribution is -2.23. The van der Waals surface area contributed by atoms with E-state index in [1.807, 2.05) is 28.8 Å². The lowest BCUT2D eigenvalue weighted by molar-refractivity contribution is 0.101. The Labute approximate surface area is 158 Å². The third-order valence-electron chi connectivity index (χ3n) is 4.71. The standard InChI is InChI=1S/C19H21N5O.ClH/c1-13(25)15-10-12-24-18(21-14-7-3-2-4-8-14)17(23-19(24)22-15)16-9-5-6-11-20-16;/h5-6,9-12,14,21H,2-4,7-8H2,1H3;1H. The molecule has 1 N–H and O–H groups in total. The molecule has 0 atom stereocenters. The molecule has 3 aromatic heterocycles. The normalized spacial score (nSPS) is 14.8. The van der Waals surface area contributed by atoms with Crippen molar-refractivity contribution in [3.8, 4) is 11.4 Å². The number of Topliss-reactive ketones (excluding diaryl/α,β-unsaturated/α-hetero) is 1. The van der Waals surface area contributed by atoms with Crippen molar-refractivity contribution >= 4 is 29.8 Å². The molecule has 0 radical (unpaired) electrons. The predicted molar refractivity (Wildman–Crippen MR) is 104 cm³/mol. The second-order valence-electron chi connectivity index (χ2n) is 6.54. The quantitative estimate of drug-likeness (QED) is 0.697. The van der Waals surface area contributed by atoms with Crippen LogP contribution in [0.15, 0.2) is 36.7 Å². The Hall–Kier alpha value is -2.47. The summed E-state index contributed by atoms with van der Waals surface area (Å²) in [5, 5.41) is 3.66. The first-order valence-corrected chi connectivity index (χ1v) is 8.80. The number of pyridine rings is 1. The third kappa shape index (κ3) is 3.55. The van der Waals surface area contributed by atoms with E-state index in [2.05, 4.69) is 20.3 Å². The van der Waals surface area contributed by atoms with Gasteiger partial charge in [0.05, 0.1) is 5.69 Å². The van der Waals surface area contributed by atoms with Gasteiger partial charge in [-0.25, -0.2) is 9.97 Å². The number of carbonyl (C=O) groups excluding carboxylic acids is 1. The molecule has 7 heteroatoms. The second kappa shape index (κ2) is 7.83. The van der Waals surface area contributed by atoms with Crippen LogP contribution in [0.25, 0.3) is 17.2 Å². The maximum Gasteiger partial charge on any atom is 0.236 e. The van der Waals surface area contributed by atoms with Crippen LogP contribution in [0, 0.1) is 0 Å². The fourth-order valence-corrected chi connectivity index (χ4v) is 3.39. The number of halogens is 1. The topological polar surface area (TPSA) is 72.2 Å². The van der Waals surface area contributed by atoms with Gasteiger partial charge in [-0.2, -0.15) is 0 Å². The van der Waals surface area contributed by atoms with Gasteiger partial charge >= 0.3 is 0 Å². The molecule has 1 aliphatic carbocycles. The van der Waals surface area contributed by atoms with E-state index < -0.39 is 0 Å². The molecule has 4 rings (SSSR count). The van der Waals surface area contributed by atoms with Crippen LogP contribution < -0.4 is 5.32 Å². The lowest BCUT2D eigenvalue weighted by Gasteiger charge is -2.24. The summed E-state index contributed by atoms with van der Waals surface area (Å²) < 4.78 is 1.92. The molecule has 0 saturated heterocycles. The average Bonchev–Trinajstić information content (AvgIpc) is 3.01. The highest BCUT2D eigenvalue weighted by molar-refractivity contribution is 5.92. The number of hydrogen-bond acceptors (Lipinski definition) is 5. The van der Waals surface area contributed by atoms with Gasteiger partial charge in [0, 0.05) is 25.4 Å². The zero-order valence-electron chi connectivity index (χ0n) is 14.7. The van der Waals surface area contributed by atoms with Gasteiger partial charge in [0.2, 0.25) is 5.78 Å². The Balaban J connectivity index is 0.00000196. The van der Waals surface area contributed by atoms with E-state index in [-0.39, 0.29) is 18.2 Å². The molecule has 26 heavy (non-hydrogen) atoms. The number of nitrogens with zero attached hydrogens (tertiary/aromatic N) is 4. The third-order valence-corrected chi connectivity index (χ3v) is 4.71. The number of rotatable bonds is 4. The van der Waals surface area contributed by atoms with Gasteiger partial charge in [0.25, 0.3) is 0 Å². The van der Waals surface area contributed by atoms with Gasteiger partial charge in [0.1, 0.15) is 17.2 Å². The van der Waals surface area contributed by atoms with E-state index in [0.29, 0.717) is 17.5 Å². The predicted octanol–water partition coefficient (Wildman–Crippen LogP) is 4.16. The molecule has 0 unspecified atom stereocenters. The monoisotopic (exact) mass is 371 g/mol. The first kappa shape index (κ1) is 18.3. The fourth-order valence-electron chi connectivity index (χ4n) is 3.39. The zero-order valence-corrected chi connectivity index (χ0v) is 15.5. The van der Waals surface area contributed by atoms with E-state index in [4.69, 9.17) is 0 Å². The first-order valence-electron chi connectivity index (χ1n) is 8.80. The second-order valence-corrected chi connectivity index (χ2v) is 6.54. The molecule has 136 valence electrons. The van der Waals surface area contributed by atoms with Gasteiger partial charge in [0.15, 0.2) is 5.78 Å². The maximum absolute atomic E-state index is 11.6. The highest BCUT2D eigenvalue weighted by atomic mass is 35.5. The highest BCUT2D eigenvalue weighted by Crippen LogP contribution is 2.30. The van der Waals surface area contributed by atoms with Crippen molar-refractivity contribution in [2.45, 2.75) is 45.1 Å². The van der Waals surface area contributed by atoms with Crippen molar-refractivity contribution in [2.24, 2.45) is 0 Å². The minimum atomic E-state index is -0.0633. The van der Waals surface area contributed by atoms with Gasteiger partial charge in [-0.15, -0.1) is 12.4 Å². The first-order chi connectivity index (χ1) is 12.2. The molecule has 0 amide bonds. The number of anilines is 1. The molecule has 0 aromatic carbocycles. The molecule has 0 aliphatic heterocycles. The molecule has 6 nitrogen and oxygen atoms in total. The van der Waals surface area contributed by atoms with E-state index in [1.54, 1.807) is 12.3 Å². The van der Waals surface area contributed by atoms with Gasteiger partial charge < -0.3 is 5.32 Å². The number of aromatic nitrogens is 4. The summed E-state index contributed by atoms with van der Waals surface area (Å²) in [7, 11) is 0. The Morgan fingerprint density at radius 1 is 1.15 bits per heavy atom. The van der Waals surface area contributed by atoms with Crippen LogP contribution in [0.4, 0.5) is 5.82 Å². The SMILES string of the molecule is CC(=O)c1ccn2c(NC3CCCCC3)c(-c3ccccn3)nc2n1.Cl. The van der Waals surface area contributed by atoms with Crippen molar-refractivity contribution in [2.75, 3.05) is 5.32 Å². The number of fused-ring (bicyclic) bond motifs is 1. The lowest BCUT2D eigenvalue weighted by atomic mass is 9.95. The van der Waals surface area contributed by atoms with E-state index >= 15 is 0 Å². The number of ketones is 1. The zero-order chi connectivity index (χ0) is 17.2. The van der Waals surface area contributed by atoms with Gasteiger partial charge in [-0.1, -0.05) is 25.3 Å². The molecule has 3 aromatic rings. The summed E-state index contributed by atoms with van der Waals surface area (Å²) in [5.41, 5.74) is 2.00. The molecule has 1 aliphatic rings. The van der Waals surface area contributed by atoms with Crippen molar-refractivity contribution in [1.29, 1.82) is 0 Å². The number of nitrogens with one attached hydrogen (secondary N) is 1. The van der Waals surface area contributed by atoms with Gasteiger partial charge in [-0.3, -0.25) is 14.2 Å². The van der Waals surface area contributed by atoms with Crippen LogP contribution in [0.1, 0.15) is 49.5 Å². The van der Waals surface area contributed by atoms with Crippen LogP contribution in [0.2, 0.25) is 0 Å². The molecule has 1 fully saturated rings. The highest BCUT2D eigenvalue weighted by Gasteiger charge is 2.21. The maximum atomic E-state index is 11.6. The largest absolute Gasteiger partial charge is 0.367 e. The number of hydrogen-bond donors (Lipinski definition) is 1. The van der Waals surface area contributed by atoms with Crippen molar-refractivity contribution in [3.63, 3.8) is 0 Å². The van der Waals surface area contributed by atoms with Crippen molar-refractivity contribution in [1.82, 2.24) is 19.4 Å². The Morgan fingerprint density at radius 2 is 1.96 bits per heavy atom. The minimum absolute atomic E-state index is 0. The fraction of sp³-hybridized carbons (Fsp3) is 0.368. The molecule has 3 heterocycles. The summed E-state index contributed by atoms with van der Waals surface area (Å²) in [4.78, 5) is 25.2. The summed E-state index contributed by atoms with van der Waals surface area (Å²) >= 11 is 0. The van der Waals surface area contributed by atoms with E-state index in [1.165, 1.54) is 26.2 Å². The Bertz CT molecular complexity index is 903. The Kier molecular flexibility index (Phi) is 5.52. The Morgan fingerprint density at radius 3 is 2.65 bits per heavy atom. The van der Waals surface area contributed by atoms with Crippen molar-refractivity contribution < 1.29 is 4.79 Å². The molecule has 1 saturated carbocycles. The van der Waals surface area contributed by atoms with E-state index in [0.717, 1.165) is 30.0 Å². The molecule has 0 bridgehead atoms. The van der Waals surface area contributed by atoms with Crippen LogP contribution in [0.5, 0.6) is 0 Å². The summed E-state index contributed by atoms with van der Waals surface area (Å²) in [5.74, 6) is 1.36. The molecule has 0 spiro atoms. The van der Waals surface area contributed by atoms with Crippen LogP contribution >= 0.6 is 12.4 Å². The van der Waals surface area contributed by atoms with Gasteiger partial charge in [-0.05, 0) is 31.0 Å². The smallest absolute Gasteiger partial charge is 0.236 e. The summed E-state index contributed by atoms with van der Waals surface area (Å²) in [6.45, 7) is 1.52. The van der Waals surface area contributed by atoms with E-state index in [9.17, 15) is 4.79 Å². The average molecular weight is 372 g/mol. The summed E-state index contributed by atoms with van der Waals surface area (Å²) in [6, 6.07) is 7.96. The van der Waals surface area contributed by atoms with Crippen LogP contribution in [0.3, 0.4) is 0 Å². The van der Waals surface area contributed by atoms with Crippen molar-refractivity contribution in [3.05, 3.63) is 42.4 Å². The number of imidazole rings is 1. The molecular formula is C19H22ClN5O. The minimum Gasteiger partial charge on any atom is -0.367 e. The summed E-state index contributed by atoms with van der Waals surface area (Å²) in [6.07, 6.45) is 9.76.